The highest BCUT2D eigenvalue weighted by molar-refractivity contribution is 5.68. The molecular weight excluding hydrogens is 278 g/mol. The van der Waals surface area contributed by atoms with E-state index in [1.54, 1.807) is 4.90 Å². The first-order chi connectivity index (χ1) is 10.8. The fraction of sp³-hybridized carbons (Fsp3) is 0.353. The molecule has 0 bridgehead atoms. The van der Waals surface area contributed by atoms with Gasteiger partial charge < -0.3 is 19.9 Å². The fourth-order valence-corrected chi connectivity index (χ4v) is 2.72. The van der Waals surface area contributed by atoms with Gasteiger partial charge in [0.15, 0.2) is 0 Å². The monoisotopic (exact) mass is 299 g/mol. The van der Waals surface area contributed by atoms with E-state index in [1.165, 1.54) is 0 Å². The number of rotatable bonds is 4. The second-order valence-corrected chi connectivity index (χ2v) is 5.57. The van der Waals surface area contributed by atoms with Crippen LogP contribution in [0.5, 0.6) is 0 Å². The van der Waals surface area contributed by atoms with Crippen LogP contribution >= 0.6 is 0 Å². The number of nitrogens with zero attached hydrogens (tertiary/aromatic N) is 1. The maximum absolute atomic E-state index is 12.2. The zero-order valence-corrected chi connectivity index (χ0v) is 12.5. The van der Waals surface area contributed by atoms with Crippen molar-refractivity contribution in [3.8, 4) is 0 Å². The lowest BCUT2D eigenvalue weighted by atomic mass is 10.1. The Morgan fingerprint density at radius 2 is 2.18 bits per heavy atom. The molecule has 2 N–H and O–H groups in total. The van der Waals surface area contributed by atoms with Crippen LogP contribution in [-0.2, 0) is 11.3 Å². The molecule has 22 heavy (non-hydrogen) atoms. The maximum atomic E-state index is 12.2. The largest absolute Gasteiger partial charge is 0.445 e. The molecule has 1 aromatic heterocycles. The molecule has 2 aromatic rings. The summed E-state index contributed by atoms with van der Waals surface area (Å²) >= 11 is 0. The normalized spacial score (nSPS) is 18.0. The Balaban J connectivity index is 1.49. The van der Waals surface area contributed by atoms with Crippen LogP contribution in [0, 0.1) is 0 Å². The van der Waals surface area contributed by atoms with Crippen LogP contribution in [0.3, 0.4) is 0 Å². The molecule has 1 aromatic carbocycles. The van der Waals surface area contributed by atoms with E-state index >= 15 is 0 Å². The number of aromatic amines is 1. The predicted molar refractivity (Wildman–Crippen MR) is 85.6 cm³/mol. The van der Waals surface area contributed by atoms with Gasteiger partial charge in [0.2, 0.25) is 0 Å². The van der Waals surface area contributed by atoms with E-state index in [1.807, 2.05) is 48.8 Å². The number of likely N-dealkylation sites (tertiary alicyclic amines) is 1. The molecule has 5 heteroatoms. The molecule has 0 radical (unpaired) electrons. The first kappa shape index (κ1) is 14.5. The molecule has 0 saturated carbocycles. The summed E-state index contributed by atoms with van der Waals surface area (Å²) in [6.45, 7) is 1.77. The summed E-state index contributed by atoms with van der Waals surface area (Å²) in [5.74, 6) is 0. The molecule has 1 fully saturated rings. The minimum Gasteiger partial charge on any atom is -0.445 e. The van der Waals surface area contributed by atoms with Crippen LogP contribution < -0.4 is 5.32 Å². The first-order valence-electron chi connectivity index (χ1n) is 7.66. The second-order valence-electron chi connectivity index (χ2n) is 5.57. The Labute approximate surface area is 130 Å². The van der Waals surface area contributed by atoms with Crippen molar-refractivity contribution in [2.75, 3.05) is 18.4 Å². The molecule has 3 rings (SSSR count). The number of H-pyrrole nitrogens is 1. The van der Waals surface area contributed by atoms with Crippen molar-refractivity contribution < 1.29 is 9.53 Å². The summed E-state index contributed by atoms with van der Waals surface area (Å²) in [4.78, 5) is 17.0. The van der Waals surface area contributed by atoms with Crippen molar-refractivity contribution in [1.82, 2.24) is 9.88 Å². The Morgan fingerprint density at radius 1 is 1.32 bits per heavy atom. The number of hydrogen-bond acceptors (Lipinski definition) is 3. The van der Waals surface area contributed by atoms with E-state index in [4.69, 9.17) is 4.74 Å². The van der Waals surface area contributed by atoms with Crippen LogP contribution in [0.1, 0.15) is 18.4 Å². The molecule has 0 spiro atoms. The summed E-state index contributed by atoms with van der Waals surface area (Å²) in [6, 6.07) is 12.0. The van der Waals surface area contributed by atoms with Crippen molar-refractivity contribution in [2.45, 2.75) is 25.5 Å². The van der Waals surface area contributed by atoms with E-state index in [2.05, 4.69) is 10.3 Å². The highest BCUT2D eigenvalue weighted by Gasteiger charge is 2.24. The van der Waals surface area contributed by atoms with E-state index in [-0.39, 0.29) is 12.1 Å². The number of aromatic nitrogens is 1. The summed E-state index contributed by atoms with van der Waals surface area (Å²) in [5.41, 5.74) is 2.07. The lowest BCUT2D eigenvalue weighted by Gasteiger charge is -2.32. The molecule has 1 aliphatic rings. The van der Waals surface area contributed by atoms with Gasteiger partial charge in [0.1, 0.15) is 6.61 Å². The van der Waals surface area contributed by atoms with Crippen molar-refractivity contribution in [3.63, 3.8) is 0 Å². The highest BCUT2D eigenvalue weighted by atomic mass is 16.6. The van der Waals surface area contributed by atoms with E-state index in [0.29, 0.717) is 13.2 Å². The van der Waals surface area contributed by atoms with Gasteiger partial charge in [-0.05, 0) is 24.5 Å². The summed E-state index contributed by atoms with van der Waals surface area (Å²) in [5, 5.41) is 3.44. The number of piperidine rings is 1. The van der Waals surface area contributed by atoms with Crippen LogP contribution in [0.25, 0.3) is 0 Å². The van der Waals surface area contributed by atoms with Crippen molar-refractivity contribution >= 4 is 11.8 Å². The number of amides is 1. The summed E-state index contributed by atoms with van der Waals surface area (Å²) in [6.07, 6.45) is 5.63. The number of carbonyl (C=O) groups excluding carboxylic acids is 1. The Hall–Kier alpha value is -2.43. The topological polar surface area (TPSA) is 57.4 Å². The van der Waals surface area contributed by atoms with Gasteiger partial charge in [-0.15, -0.1) is 0 Å². The zero-order valence-electron chi connectivity index (χ0n) is 12.5. The Kier molecular flexibility index (Phi) is 4.63. The van der Waals surface area contributed by atoms with Gasteiger partial charge in [0, 0.05) is 31.5 Å². The van der Waals surface area contributed by atoms with E-state index < -0.39 is 0 Å². The number of anilines is 1. The quantitative estimate of drug-likeness (QED) is 0.911. The van der Waals surface area contributed by atoms with Crippen molar-refractivity contribution in [3.05, 3.63) is 54.4 Å². The first-order valence-corrected chi connectivity index (χ1v) is 7.66. The van der Waals surface area contributed by atoms with Gasteiger partial charge in [-0.3, -0.25) is 0 Å². The number of ether oxygens (including phenoxy) is 1. The molecule has 1 amide bonds. The molecule has 1 unspecified atom stereocenters. The Bertz CT molecular complexity index is 583. The van der Waals surface area contributed by atoms with Gasteiger partial charge in [-0.25, -0.2) is 4.79 Å². The molecule has 2 heterocycles. The summed E-state index contributed by atoms with van der Waals surface area (Å²) in [7, 11) is 0. The number of benzene rings is 1. The van der Waals surface area contributed by atoms with Crippen LogP contribution in [-0.4, -0.2) is 35.1 Å². The molecule has 1 saturated heterocycles. The predicted octanol–water partition coefficient (Wildman–Crippen LogP) is 3.23. The van der Waals surface area contributed by atoms with Crippen molar-refractivity contribution in [2.24, 2.45) is 0 Å². The SMILES string of the molecule is O=C(OCc1ccccc1)N1CCCC(Nc2cc[nH]c2)C1. The standard InChI is InChI=1S/C17H21N3O2/c21-17(22-13-14-5-2-1-3-6-14)20-10-4-7-16(12-20)19-15-8-9-18-11-15/h1-3,5-6,8-9,11,16,18-19H,4,7,10,12-13H2. The van der Waals surface area contributed by atoms with E-state index in [9.17, 15) is 4.79 Å². The van der Waals surface area contributed by atoms with Crippen molar-refractivity contribution in [1.29, 1.82) is 0 Å². The number of nitrogens with one attached hydrogen (secondary N) is 2. The average molecular weight is 299 g/mol. The van der Waals surface area contributed by atoms with Crippen LogP contribution in [0.2, 0.25) is 0 Å². The summed E-state index contributed by atoms with van der Waals surface area (Å²) < 4.78 is 5.40. The third-order valence-corrected chi connectivity index (χ3v) is 3.85. The van der Waals surface area contributed by atoms with Crippen LogP contribution in [0.4, 0.5) is 10.5 Å². The third kappa shape index (κ3) is 3.81. The molecule has 1 aliphatic heterocycles. The van der Waals surface area contributed by atoms with E-state index in [0.717, 1.165) is 30.6 Å². The van der Waals surface area contributed by atoms with Gasteiger partial charge >= 0.3 is 6.09 Å². The van der Waals surface area contributed by atoms with Gasteiger partial charge in [-0.1, -0.05) is 30.3 Å². The Morgan fingerprint density at radius 3 is 2.95 bits per heavy atom. The fourth-order valence-electron chi connectivity index (χ4n) is 2.72. The van der Waals surface area contributed by atoms with Gasteiger partial charge in [-0.2, -0.15) is 0 Å². The molecule has 1 atom stereocenters. The van der Waals surface area contributed by atoms with Gasteiger partial charge in [0.05, 0.1) is 5.69 Å². The molecule has 0 aliphatic carbocycles. The number of carbonyl (C=O) groups is 1. The zero-order chi connectivity index (χ0) is 15.2. The smallest absolute Gasteiger partial charge is 0.410 e. The minimum atomic E-state index is -0.232. The molecule has 116 valence electrons. The van der Waals surface area contributed by atoms with Crippen LogP contribution in [0.15, 0.2) is 48.8 Å². The highest BCUT2D eigenvalue weighted by Crippen LogP contribution is 2.16. The lowest BCUT2D eigenvalue weighted by molar-refractivity contribution is 0.0875. The molecule has 5 nitrogen and oxygen atoms in total. The maximum Gasteiger partial charge on any atom is 0.410 e. The van der Waals surface area contributed by atoms with Gasteiger partial charge in [0.25, 0.3) is 0 Å². The average Bonchev–Trinajstić information content (AvgIpc) is 3.07. The molecular formula is C17H21N3O2. The number of hydrogen-bond donors (Lipinski definition) is 2. The minimum absolute atomic E-state index is 0.232. The third-order valence-electron chi connectivity index (χ3n) is 3.85. The lowest BCUT2D eigenvalue weighted by Crippen LogP contribution is -2.45. The second kappa shape index (κ2) is 7.02.